The van der Waals surface area contributed by atoms with E-state index in [4.69, 9.17) is 4.74 Å². The van der Waals surface area contributed by atoms with Crippen LogP contribution in [0.2, 0.25) is 0 Å². The molecular weight excluding hydrogens is 248 g/mol. The summed E-state index contributed by atoms with van der Waals surface area (Å²) < 4.78 is 5.32. The average Bonchev–Trinajstić information content (AvgIpc) is 2.87. The first-order valence-electron chi connectivity index (χ1n) is 6.84. The van der Waals surface area contributed by atoms with Crippen molar-refractivity contribution in [3.05, 3.63) is 0 Å². The number of carboxylic acids is 1. The molecule has 2 heterocycles. The predicted molar refractivity (Wildman–Crippen MR) is 68.7 cm³/mol. The molecule has 0 aromatic carbocycles. The smallest absolute Gasteiger partial charge is 0.313 e. The summed E-state index contributed by atoms with van der Waals surface area (Å²) in [6.45, 7) is 7.41. The maximum absolute atomic E-state index is 12.1. The third-order valence-corrected chi connectivity index (χ3v) is 4.35. The van der Waals surface area contributed by atoms with Gasteiger partial charge in [-0.05, 0) is 13.8 Å². The Morgan fingerprint density at radius 3 is 2.63 bits per heavy atom. The van der Waals surface area contributed by atoms with Crippen molar-refractivity contribution >= 4 is 11.9 Å². The van der Waals surface area contributed by atoms with Crippen LogP contribution in [-0.2, 0) is 14.3 Å². The quantitative estimate of drug-likeness (QED) is 0.754. The number of fused-ring (bicyclic) bond motifs is 1. The largest absolute Gasteiger partial charge is 0.481 e. The number of hydrogen-bond acceptors (Lipinski definition) is 4. The molecule has 2 fully saturated rings. The third-order valence-electron chi connectivity index (χ3n) is 4.35. The van der Waals surface area contributed by atoms with Crippen LogP contribution >= 0.6 is 0 Å². The van der Waals surface area contributed by atoms with Crippen LogP contribution in [0.5, 0.6) is 0 Å². The zero-order chi connectivity index (χ0) is 14.0. The van der Waals surface area contributed by atoms with E-state index in [1.165, 1.54) is 0 Å². The molecule has 0 unspecified atom stereocenters. The van der Waals surface area contributed by atoms with E-state index >= 15 is 0 Å². The Morgan fingerprint density at radius 1 is 1.42 bits per heavy atom. The predicted octanol–water partition coefficient (Wildman–Crippen LogP) is -0.112. The minimum Gasteiger partial charge on any atom is -0.481 e. The van der Waals surface area contributed by atoms with Crippen LogP contribution in [0.3, 0.4) is 0 Å². The Hall–Kier alpha value is -1.14. The van der Waals surface area contributed by atoms with Crippen molar-refractivity contribution in [2.75, 3.05) is 45.9 Å². The summed E-state index contributed by atoms with van der Waals surface area (Å²) in [7, 11) is 0. The van der Waals surface area contributed by atoms with Gasteiger partial charge in [0.25, 0.3) is 0 Å². The van der Waals surface area contributed by atoms with E-state index in [0.29, 0.717) is 39.3 Å². The maximum Gasteiger partial charge on any atom is 0.313 e. The molecule has 108 valence electrons. The fourth-order valence-corrected chi connectivity index (χ4v) is 3.13. The summed E-state index contributed by atoms with van der Waals surface area (Å²) in [5.74, 6) is -0.714. The lowest BCUT2D eigenvalue weighted by atomic mass is 9.81. The van der Waals surface area contributed by atoms with Crippen LogP contribution in [0.1, 0.15) is 13.8 Å². The van der Waals surface area contributed by atoms with Gasteiger partial charge in [-0.1, -0.05) is 0 Å². The number of nitrogens with zero attached hydrogens (tertiary/aromatic N) is 2. The molecular formula is C13H22N2O4. The molecule has 19 heavy (non-hydrogen) atoms. The van der Waals surface area contributed by atoms with Crippen molar-refractivity contribution < 1.29 is 19.4 Å². The Kier molecular flexibility index (Phi) is 4.10. The minimum absolute atomic E-state index is 0.00880. The summed E-state index contributed by atoms with van der Waals surface area (Å²) >= 11 is 0. The van der Waals surface area contributed by atoms with Gasteiger partial charge < -0.3 is 14.7 Å². The normalized spacial score (nSPS) is 30.3. The van der Waals surface area contributed by atoms with Gasteiger partial charge in [0, 0.05) is 32.1 Å². The maximum atomic E-state index is 12.1. The van der Waals surface area contributed by atoms with Gasteiger partial charge in [-0.25, -0.2) is 0 Å². The number of ether oxygens (including phenoxy) is 1. The number of hydrogen-bond donors (Lipinski definition) is 1. The Balaban J connectivity index is 1.99. The van der Waals surface area contributed by atoms with Gasteiger partial charge in [-0.3, -0.25) is 14.5 Å². The second kappa shape index (κ2) is 5.46. The van der Waals surface area contributed by atoms with Crippen LogP contribution in [0, 0.1) is 11.3 Å². The van der Waals surface area contributed by atoms with Crippen LogP contribution in [0.4, 0.5) is 0 Å². The molecule has 6 heteroatoms. The van der Waals surface area contributed by atoms with Crippen molar-refractivity contribution in [1.29, 1.82) is 0 Å². The molecule has 2 aliphatic heterocycles. The summed E-state index contributed by atoms with van der Waals surface area (Å²) in [5.41, 5.74) is -0.802. The van der Waals surface area contributed by atoms with Crippen molar-refractivity contribution in [3.63, 3.8) is 0 Å². The van der Waals surface area contributed by atoms with Crippen molar-refractivity contribution in [2.24, 2.45) is 11.3 Å². The van der Waals surface area contributed by atoms with Crippen molar-refractivity contribution in [3.8, 4) is 0 Å². The molecule has 1 N–H and O–H groups in total. The molecule has 0 radical (unpaired) electrons. The molecule has 2 atom stereocenters. The van der Waals surface area contributed by atoms with Crippen molar-refractivity contribution in [1.82, 2.24) is 9.80 Å². The number of likely N-dealkylation sites (N-methyl/N-ethyl adjacent to an activating group) is 1. The lowest BCUT2D eigenvalue weighted by Gasteiger charge is -2.24. The standard InChI is InChI=1S/C13H22N2O4/c1-3-15(4-2)11(16)6-14-5-10-7-19-9-13(10,8-14)12(17)18/h10H,3-9H2,1-2H3,(H,17,18)/t10-,13-/m1/s1. The number of carbonyl (C=O) groups is 2. The summed E-state index contributed by atoms with van der Waals surface area (Å²) in [4.78, 5) is 27.3. The van der Waals surface area contributed by atoms with Crippen LogP contribution < -0.4 is 0 Å². The molecule has 6 nitrogen and oxygen atoms in total. The molecule has 0 aromatic rings. The van der Waals surface area contributed by atoms with Crippen LogP contribution in [0.25, 0.3) is 0 Å². The summed E-state index contributed by atoms with van der Waals surface area (Å²) in [6.07, 6.45) is 0. The summed E-state index contributed by atoms with van der Waals surface area (Å²) in [5, 5.41) is 9.43. The highest BCUT2D eigenvalue weighted by Gasteiger charge is 2.56. The molecule has 2 rings (SSSR count). The minimum atomic E-state index is -0.802. The molecule has 2 aliphatic rings. The van der Waals surface area contributed by atoms with Gasteiger partial charge in [-0.15, -0.1) is 0 Å². The van der Waals surface area contributed by atoms with E-state index in [1.54, 1.807) is 4.90 Å². The van der Waals surface area contributed by atoms with E-state index in [1.807, 2.05) is 18.7 Å². The highest BCUT2D eigenvalue weighted by atomic mass is 16.5. The molecule has 0 saturated carbocycles. The Morgan fingerprint density at radius 2 is 2.11 bits per heavy atom. The molecule has 0 bridgehead atoms. The molecule has 0 aliphatic carbocycles. The van der Waals surface area contributed by atoms with E-state index in [2.05, 4.69) is 0 Å². The van der Waals surface area contributed by atoms with E-state index in [-0.39, 0.29) is 18.4 Å². The van der Waals surface area contributed by atoms with Crippen molar-refractivity contribution in [2.45, 2.75) is 13.8 Å². The fraction of sp³-hybridized carbons (Fsp3) is 0.846. The summed E-state index contributed by atoms with van der Waals surface area (Å²) in [6, 6.07) is 0. The number of amides is 1. The molecule has 0 aromatic heterocycles. The number of rotatable bonds is 5. The lowest BCUT2D eigenvalue weighted by Crippen LogP contribution is -2.42. The molecule has 2 saturated heterocycles. The van der Waals surface area contributed by atoms with Gasteiger partial charge in [0.15, 0.2) is 0 Å². The van der Waals surface area contributed by atoms with Gasteiger partial charge in [0.2, 0.25) is 5.91 Å². The second-order valence-electron chi connectivity index (χ2n) is 5.41. The Bertz CT molecular complexity index is 370. The van der Waals surface area contributed by atoms with E-state index < -0.39 is 11.4 Å². The fourth-order valence-electron chi connectivity index (χ4n) is 3.13. The average molecular weight is 270 g/mol. The third kappa shape index (κ3) is 2.47. The van der Waals surface area contributed by atoms with Gasteiger partial charge in [-0.2, -0.15) is 0 Å². The highest BCUT2D eigenvalue weighted by molar-refractivity contribution is 5.79. The van der Waals surface area contributed by atoms with Crippen LogP contribution in [0.15, 0.2) is 0 Å². The van der Waals surface area contributed by atoms with Gasteiger partial charge >= 0.3 is 5.97 Å². The lowest BCUT2D eigenvalue weighted by molar-refractivity contribution is -0.149. The van der Waals surface area contributed by atoms with E-state index in [9.17, 15) is 14.7 Å². The number of likely N-dealkylation sites (tertiary alicyclic amines) is 1. The van der Waals surface area contributed by atoms with E-state index in [0.717, 1.165) is 0 Å². The first-order chi connectivity index (χ1) is 9.03. The van der Waals surface area contributed by atoms with Gasteiger partial charge in [0.05, 0.1) is 19.8 Å². The molecule has 0 spiro atoms. The molecule has 1 amide bonds. The number of aliphatic carboxylic acids is 1. The topological polar surface area (TPSA) is 70.1 Å². The monoisotopic (exact) mass is 270 g/mol. The van der Waals surface area contributed by atoms with Gasteiger partial charge in [0.1, 0.15) is 5.41 Å². The zero-order valence-electron chi connectivity index (χ0n) is 11.6. The highest BCUT2D eigenvalue weighted by Crippen LogP contribution is 2.41. The Labute approximate surface area is 113 Å². The first-order valence-corrected chi connectivity index (χ1v) is 6.84. The zero-order valence-corrected chi connectivity index (χ0v) is 11.6. The SMILES string of the molecule is CCN(CC)C(=O)CN1C[C@@H]2COC[C@]2(C(=O)O)C1. The number of carboxylic acid groups (broad SMARTS) is 1. The second-order valence-corrected chi connectivity index (χ2v) is 5.41. The first kappa shape index (κ1) is 14.3. The van der Waals surface area contributed by atoms with Crippen LogP contribution in [-0.4, -0.2) is 72.7 Å². The number of carbonyl (C=O) groups excluding carboxylic acids is 1.